The lowest BCUT2D eigenvalue weighted by molar-refractivity contribution is 0.180. The molecular weight excluding hydrogens is 274 g/mol. The van der Waals surface area contributed by atoms with Crippen LogP contribution in [0.1, 0.15) is 31.4 Å². The molecule has 0 radical (unpaired) electrons. The van der Waals surface area contributed by atoms with Crippen molar-refractivity contribution in [1.29, 1.82) is 0 Å². The summed E-state index contributed by atoms with van der Waals surface area (Å²) in [6.07, 6.45) is 4.57. The fraction of sp³-hybridized carbons (Fsp3) is 0.500. The second-order valence-electron chi connectivity index (χ2n) is 6.91. The Kier molecular flexibility index (Phi) is 3.13. The largest absolute Gasteiger partial charge is 0.351 e. The molecule has 4 heteroatoms. The second-order valence-corrected chi connectivity index (χ2v) is 6.91. The number of rotatable bonds is 2. The molecule has 4 nitrogen and oxygen atoms in total. The minimum absolute atomic E-state index is 0.0312. The van der Waals surface area contributed by atoms with Crippen molar-refractivity contribution < 1.29 is 4.79 Å². The highest BCUT2D eigenvalue weighted by Gasteiger charge is 2.42. The molecule has 1 saturated carbocycles. The highest BCUT2D eigenvalue weighted by molar-refractivity contribution is 5.81. The molecule has 2 heterocycles. The maximum absolute atomic E-state index is 12.4. The predicted octanol–water partition coefficient (Wildman–Crippen LogP) is 3.29. The molecule has 1 aromatic heterocycles. The van der Waals surface area contributed by atoms with Crippen LogP contribution in [0, 0.1) is 11.8 Å². The quantitative estimate of drug-likeness (QED) is 0.907. The number of aromatic nitrogens is 1. The van der Waals surface area contributed by atoms with Crippen LogP contribution in [0.4, 0.5) is 4.79 Å². The van der Waals surface area contributed by atoms with E-state index >= 15 is 0 Å². The van der Waals surface area contributed by atoms with Crippen molar-refractivity contribution in [2.45, 2.75) is 25.8 Å². The molecule has 1 aliphatic heterocycles. The molecule has 2 aliphatic rings. The van der Waals surface area contributed by atoms with Gasteiger partial charge in [-0.05, 0) is 54.7 Å². The number of carbonyl (C=O) groups excluding carboxylic acids is 1. The van der Waals surface area contributed by atoms with Crippen molar-refractivity contribution in [3.63, 3.8) is 0 Å². The van der Waals surface area contributed by atoms with Crippen LogP contribution in [0.25, 0.3) is 10.9 Å². The molecule has 1 aliphatic carbocycles. The minimum Gasteiger partial charge on any atom is -0.351 e. The Labute approximate surface area is 131 Å². The van der Waals surface area contributed by atoms with E-state index in [2.05, 4.69) is 54.3 Å². The van der Waals surface area contributed by atoms with Crippen LogP contribution in [-0.4, -0.2) is 28.6 Å². The standard InChI is InChI=1S/C18H23N3O/c1-12(14-4-3-13-5-7-20(2)17(13)10-14)19-18(22)21-8-6-15-9-16(15)11-21/h3-5,7,10,12,15-16H,6,8-9,11H2,1-2H3,(H,19,22). The number of urea groups is 1. The first-order valence-corrected chi connectivity index (χ1v) is 8.22. The van der Waals surface area contributed by atoms with Crippen LogP contribution < -0.4 is 5.32 Å². The number of amides is 2. The number of hydrogen-bond donors (Lipinski definition) is 1. The molecule has 0 spiro atoms. The van der Waals surface area contributed by atoms with Gasteiger partial charge in [-0.3, -0.25) is 0 Å². The van der Waals surface area contributed by atoms with Crippen LogP contribution in [0.3, 0.4) is 0 Å². The lowest BCUT2D eigenvalue weighted by Gasteiger charge is -2.28. The van der Waals surface area contributed by atoms with E-state index in [1.165, 1.54) is 23.7 Å². The van der Waals surface area contributed by atoms with Crippen LogP contribution in [0.15, 0.2) is 30.5 Å². The molecular formula is C18H23N3O. The molecule has 0 bridgehead atoms. The van der Waals surface area contributed by atoms with E-state index in [1.54, 1.807) is 0 Å². The number of likely N-dealkylation sites (tertiary alicyclic amines) is 1. The molecule has 1 aromatic carbocycles. The molecule has 2 fully saturated rings. The summed E-state index contributed by atoms with van der Waals surface area (Å²) in [5.74, 6) is 1.68. The zero-order chi connectivity index (χ0) is 15.3. The van der Waals surface area contributed by atoms with Gasteiger partial charge in [0.15, 0.2) is 0 Å². The average Bonchev–Trinajstić information content (AvgIpc) is 3.22. The van der Waals surface area contributed by atoms with Crippen molar-refractivity contribution in [3.05, 3.63) is 36.0 Å². The maximum atomic E-state index is 12.4. The van der Waals surface area contributed by atoms with Gasteiger partial charge in [-0.15, -0.1) is 0 Å². The summed E-state index contributed by atoms with van der Waals surface area (Å²) in [6.45, 7) is 3.92. The lowest BCUT2D eigenvalue weighted by atomic mass is 10.1. The first kappa shape index (κ1) is 13.7. The minimum atomic E-state index is 0.0312. The second kappa shape index (κ2) is 5.04. The van der Waals surface area contributed by atoms with E-state index in [1.807, 2.05) is 4.90 Å². The summed E-state index contributed by atoms with van der Waals surface area (Å²) in [6, 6.07) is 8.65. The number of carbonyl (C=O) groups is 1. The number of piperidine rings is 1. The summed E-state index contributed by atoms with van der Waals surface area (Å²) in [7, 11) is 2.05. The first-order chi connectivity index (χ1) is 10.6. The Morgan fingerprint density at radius 2 is 2.18 bits per heavy atom. The number of aryl methyl sites for hydroxylation is 1. The van der Waals surface area contributed by atoms with Gasteiger partial charge in [0.05, 0.1) is 6.04 Å². The highest BCUT2D eigenvalue weighted by atomic mass is 16.2. The first-order valence-electron chi connectivity index (χ1n) is 8.22. The number of nitrogens with zero attached hydrogens (tertiary/aromatic N) is 2. The molecule has 1 saturated heterocycles. The van der Waals surface area contributed by atoms with E-state index in [4.69, 9.17) is 0 Å². The van der Waals surface area contributed by atoms with Gasteiger partial charge >= 0.3 is 6.03 Å². The van der Waals surface area contributed by atoms with Gasteiger partial charge in [0.2, 0.25) is 0 Å². The summed E-state index contributed by atoms with van der Waals surface area (Å²) in [5, 5.41) is 4.40. The summed E-state index contributed by atoms with van der Waals surface area (Å²) in [5.41, 5.74) is 2.36. The van der Waals surface area contributed by atoms with Crippen LogP contribution in [0.5, 0.6) is 0 Å². The maximum Gasteiger partial charge on any atom is 0.317 e. The normalized spacial score (nSPS) is 24.9. The third-order valence-electron chi connectivity index (χ3n) is 5.33. The van der Waals surface area contributed by atoms with Gasteiger partial charge in [0.25, 0.3) is 0 Å². The van der Waals surface area contributed by atoms with E-state index in [0.717, 1.165) is 30.5 Å². The van der Waals surface area contributed by atoms with Gasteiger partial charge in [0.1, 0.15) is 0 Å². The van der Waals surface area contributed by atoms with Crippen molar-refractivity contribution in [3.8, 4) is 0 Å². The SMILES string of the molecule is CC(NC(=O)N1CCC2CC2C1)c1ccc2ccn(C)c2c1. The third kappa shape index (κ3) is 2.36. The molecule has 2 amide bonds. The Hall–Kier alpha value is -1.97. The molecule has 116 valence electrons. The third-order valence-corrected chi connectivity index (χ3v) is 5.33. The van der Waals surface area contributed by atoms with E-state index in [9.17, 15) is 4.79 Å². The van der Waals surface area contributed by atoms with Gasteiger partial charge in [-0.1, -0.05) is 12.1 Å². The van der Waals surface area contributed by atoms with Gasteiger partial charge in [-0.2, -0.15) is 0 Å². The number of benzene rings is 1. The number of hydrogen-bond acceptors (Lipinski definition) is 1. The molecule has 3 unspecified atom stereocenters. The summed E-state index contributed by atoms with van der Waals surface area (Å²) in [4.78, 5) is 14.4. The lowest BCUT2D eigenvalue weighted by Crippen LogP contribution is -2.44. The van der Waals surface area contributed by atoms with Gasteiger partial charge < -0.3 is 14.8 Å². The predicted molar refractivity (Wildman–Crippen MR) is 87.7 cm³/mol. The van der Waals surface area contributed by atoms with Crippen molar-refractivity contribution in [1.82, 2.24) is 14.8 Å². The average molecular weight is 297 g/mol. The van der Waals surface area contributed by atoms with E-state index in [-0.39, 0.29) is 12.1 Å². The molecule has 1 N–H and O–H groups in total. The Bertz CT molecular complexity index is 720. The topological polar surface area (TPSA) is 37.3 Å². The Morgan fingerprint density at radius 3 is 3.00 bits per heavy atom. The molecule has 3 atom stereocenters. The van der Waals surface area contributed by atoms with Crippen LogP contribution >= 0.6 is 0 Å². The summed E-state index contributed by atoms with van der Waals surface area (Å²) >= 11 is 0. The molecule has 22 heavy (non-hydrogen) atoms. The Morgan fingerprint density at radius 1 is 1.32 bits per heavy atom. The van der Waals surface area contributed by atoms with Crippen LogP contribution in [-0.2, 0) is 7.05 Å². The smallest absolute Gasteiger partial charge is 0.317 e. The van der Waals surface area contributed by atoms with Gasteiger partial charge in [0, 0.05) is 31.9 Å². The number of nitrogens with one attached hydrogen (secondary N) is 1. The highest BCUT2D eigenvalue weighted by Crippen LogP contribution is 2.44. The summed E-state index contributed by atoms with van der Waals surface area (Å²) < 4.78 is 2.12. The van der Waals surface area contributed by atoms with E-state index < -0.39 is 0 Å². The Balaban J connectivity index is 1.46. The van der Waals surface area contributed by atoms with Crippen molar-refractivity contribution in [2.24, 2.45) is 18.9 Å². The van der Waals surface area contributed by atoms with Crippen molar-refractivity contribution >= 4 is 16.9 Å². The fourth-order valence-corrected chi connectivity index (χ4v) is 3.68. The van der Waals surface area contributed by atoms with E-state index in [0.29, 0.717) is 0 Å². The zero-order valence-corrected chi connectivity index (χ0v) is 13.2. The van der Waals surface area contributed by atoms with Gasteiger partial charge in [-0.25, -0.2) is 4.79 Å². The van der Waals surface area contributed by atoms with Crippen molar-refractivity contribution in [2.75, 3.05) is 13.1 Å². The number of fused-ring (bicyclic) bond motifs is 2. The molecule has 2 aromatic rings. The molecule has 4 rings (SSSR count). The monoisotopic (exact) mass is 297 g/mol. The fourth-order valence-electron chi connectivity index (χ4n) is 3.68. The zero-order valence-electron chi connectivity index (χ0n) is 13.2. The van der Waals surface area contributed by atoms with Crippen LogP contribution in [0.2, 0.25) is 0 Å².